The van der Waals surface area contributed by atoms with E-state index >= 15 is 0 Å². The number of morpholine rings is 1. The SMILES string of the molecule is C[C@@H]1COCCN1c1cc(N2CCCS(=O)CC2)[nH]c(=O)c1. The molecule has 1 aromatic rings. The lowest BCUT2D eigenvalue weighted by atomic mass is 10.2. The van der Waals surface area contributed by atoms with E-state index < -0.39 is 10.8 Å². The lowest BCUT2D eigenvalue weighted by molar-refractivity contribution is 0.0989. The minimum absolute atomic E-state index is 0.0865. The molecule has 2 atom stereocenters. The van der Waals surface area contributed by atoms with E-state index in [2.05, 4.69) is 21.7 Å². The van der Waals surface area contributed by atoms with Crippen molar-refractivity contribution < 1.29 is 8.95 Å². The molecule has 2 fully saturated rings. The molecule has 22 heavy (non-hydrogen) atoms. The number of H-pyrrole nitrogens is 1. The van der Waals surface area contributed by atoms with Crippen LogP contribution in [0.5, 0.6) is 0 Å². The number of pyridine rings is 1. The summed E-state index contributed by atoms with van der Waals surface area (Å²) in [4.78, 5) is 19.3. The van der Waals surface area contributed by atoms with Gasteiger partial charge in [0.25, 0.3) is 5.56 Å². The van der Waals surface area contributed by atoms with E-state index in [1.54, 1.807) is 6.07 Å². The van der Waals surface area contributed by atoms with E-state index in [0.717, 1.165) is 43.3 Å². The summed E-state index contributed by atoms with van der Waals surface area (Å²) in [6.45, 7) is 5.84. The van der Waals surface area contributed by atoms with Crippen molar-refractivity contribution in [3.63, 3.8) is 0 Å². The van der Waals surface area contributed by atoms with Crippen LogP contribution in [-0.4, -0.2) is 59.6 Å². The summed E-state index contributed by atoms with van der Waals surface area (Å²) in [5, 5.41) is 0. The van der Waals surface area contributed by atoms with Crippen LogP contribution < -0.4 is 15.4 Å². The van der Waals surface area contributed by atoms with Crippen LogP contribution in [0.4, 0.5) is 11.5 Å². The van der Waals surface area contributed by atoms with E-state index in [9.17, 15) is 9.00 Å². The van der Waals surface area contributed by atoms with Crippen molar-refractivity contribution in [2.24, 2.45) is 0 Å². The molecule has 0 amide bonds. The summed E-state index contributed by atoms with van der Waals surface area (Å²) >= 11 is 0. The van der Waals surface area contributed by atoms with Crippen LogP contribution in [0.15, 0.2) is 16.9 Å². The summed E-state index contributed by atoms with van der Waals surface area (Å²) in [7, 11) is -0.733. The summed E-state index contributed by atoms with van der Waals surface area (Å²) in [5.41, 5.74) is 0.858. The highest BCUT2D eigenvalue weighted by atomic mass is 32.2. The molecular weight excluding hydrogens is 302 g/mol. The molecule has 2 saturated heterocycles. The predicted octanol–water partition coefficient (Wildman–Crippen LogP) is 0.559. The fourth-order valence-corrected chi connectivity index (χ4v) is 4.12. The number of nitrogens with zero attached hydrogens (tertiary/aromatic N) is 2. The molecule has 0 bridgehead atoms. The Bertz CT molecular complexity index is 604. The number of rotatable bonds is 2. The molecule has 3 heterocycles. The van der Waals surface area contributed by atoms with Gasteiger partial charge in [0.05, 0.1) is 13.2 Å². The molecular formula is C15H23N3O3S. The van der Waals surface area contributed by atoms with Gasteiger partial charge in [0, 0.05) is 65.8 Å². The molecule has 2 aliphatic rings. The summed E-state index contributed by atoms with van der Waals surface area (Å²) in [5.74, 6) is 2.25. The predicted molar refractivity (Wildman–Crippen MR) is 89.4 cm³/mol. The summed E-state index contributed by atoms with van der Waals surface area (Å²) < 4.78 is 17.1. The molecule has 6 nitrogen and oxygen atoms in total. The zero-order valence-electron chi connectivity index (χ0n) is 12.9. The lowest BCUT2D eigenvalue weighted by Crippen LogP contribution is -2.44. The Labute approximate surface area is 132 Å². The van der Waals surface area contributed by atoms with Crippen molar-refractivity contribution in [3.8, 4) is 0 Å². The largest absolute Gasteiger partial charge is 0.377 e. The average Bonchev–Trinajstić information content (AvgIpc) is 2.72. The number of nitrogens with one attached hydrogen (secondary N) is 1. The Balaban J connectivity index is 1.86. The van der Waals surface area contributed by atoms with Crippen LogP contribution in [0.3, 0.4) is 0 Å². The van der Waals surface area contributed by atoms with Gasteiger partial charge in [-0.2, -0.15) is 0 Å². The second-order valence-corrected chi connectivity index (χ2v) is 7.59. The lowest BCUT2D eigenvalue weighted by Gasteiger charge is -2.35. The average molecular weight is 325 g/mol. The number of hydrogen-bond donors (Lipinski definition) is 1. The van der Waals surface area contributed by atoms with Crippen LogP contribution >= 0.6 is 0 Å². The fraction of sp³-hybridized carbons (Fsp3) is 0.667. The number of anilines is 2. The minimum atomic E-state index is -0.733. The molecule has 122 valence electrons. The first-order chi connectivity index (χ1) is 10.6. The highest BCUT2D eigenvalue weighted by Gasteiger charge is 2.21. The van der Waals surface area contributed by atoms with Gasteiger partial charge < -0.3 is 19.5 Å². The van der Waals surface area contributed by atoms with Crippen LogP contribution in [0.2, 0.25) is 0 Å². The highest BCUT2D eigenvalue weighted by molar-refractivity contribution is 7.85. The Morgan fingerprint density at radius 3 is 2.95 bits per heavy atom. The Kier molecular flexibility index (Phi) is 4.83. The Morgan fingerprint density at radius 1 is 1.27 bits per heavy atom. The maximum atomic E-state index is 12.1. The molecule has 0 spiro atoms. The van der Waals surface area contributed by atoms with E-state index in [4.69, 9.17) is 4.74 Å². The number of aromatic nitrogens is 1. The minimum Gasteiger partial charge on any atom is -0.377 e. The van der Waals surface area contributed by atoms with Crippen molar-refractivity contribution in [2.75, 3.05) is 54.2 Å². The monoisotopic (exact) mass is 325 g/mol. The molecule has 3 rings (SSSR count). The third-order valence-corrected chi connectivity index (χ3v) is 5.63. The molecule has 0 radical (unpaired) electrons. The van der Waals surface area contributed by atoms with Crippen molar-refractivity contribution in [1.82, 2.24) is 4.98 Å². The first kappa shape index (κ1) is 15.6. The van der Waals surface area contributed by atoms with E-state index in [1.807, 2.05) is 6.07 Å². The summed E-state index contributed by atoms with van der Waals surface area (Å²) in [6, 6.07) is 3.96. The van der Waals surface area contributed by atoms with E-state index in [1.165, 1.54) is 0 Å². The smallest absolute Gasteiger partial charge is 0.251 e. The topological polar surface area (TPSA) is 65.6 Å². The number of ether oxygens (including phenoxy) is 1. The van der Waals surface area contributed by atoms with Gasteiger partial charge in [0.15, 0.2) is 0 Å². The first-order valence-electron chi connectivity index (χ1n) is 7.82. The van der Waals surface area contributed by atoms with Crippen molar-refractivity contribution >= 4 is 22.3 Å². The van der Waals surface area contributed by atoms with Crippen LogP contribution in [0.25, 0.3) is 0 Å². The molecule has 0 aliphatic carbocycles. The molecule has 1 N–H and O–H groups in total. The van der Waals surface area contributed by atoms with Crippen LogP contribution in [0, 0.1) is 0 Å². The van der Waals surface area contributed by atoms with Crippen molar-refractivity contribution in [3.05, 3.63) is 22.5 Å². The molecule has 0 aromatic carbocycles. The number of hydrogen-bond acceptors (Lipinski definition) is 5. The number of aromatic amines is 1. The molecule has 7 heteroatoms. The Morgan fingerprint density at radius 2 is 2.14 bits per heavy atom. The second kappa shape index (κ2) is 6.83. The quantitative estimate of drug-likeness (QED) is 0.861. The third kappa shape index (κ3) is 3.52. The van der Waals surface area contributed by atoms with Gasteiger partial charge in [0.2, 0.25) is 0 Å². The second-order valence-electron chi connectivity index (χ2n) is 5.89. The summed E-state index contributed by atoms with van der Waals surface area (Å²) in [6.07, 6.45) is 0.896. The maximum Gasteiger partial charge on any atom is 0.251 e. The molecule has 1 aromatic heterocycles. The van der Waals surface area contributed by atoms with Crippen molar-refractivity contribution in [1.29, 1.82) is 0 Å². The fourth-order valence-electron chi connectivity index (χ4n) is 3.04. The van der Waals surface area contributed by atoms with Crippen LogP contribution in [-0.2, 0) is 15.5 Å². The highest BCUT2D eigenvalue weighted by Crippen LogP contribution is 2.22. The first-order valence-corrected chi connectivity index (χ1v) is 9.31. The van der Waals surface area contributed by atoms with Gasteiger partial charge in [-0.05, 0) is 13.3 Å². The van der Waals surface area contributed by atoms with Crippen LogP contribution in [0.1, 0.15) is 13.3 Å². The normalized spacial score (nSPS) is 26.8. The zero-order valence-corrected chi connectivity index (χ0v) is 13.7. The van der Waals surface area contributed by atoms with Gasteiger partial charge in [-0.3, -0.25) is 9.00 Å². The standard InChI is InChI=1S/C15H23N3O3S/c1-12-11-21-6-4-18(12)13-9-14(16-15(19)10-13)17-3-2-7-22(20)8-5-17/h9-10,12H,2-8,11H2,1H3,(H,16,19)/t12-,22?/m1/s1. The van der Waals surface area contributed by atoms with Gasteiger partial charge >= 0.3 is 0 Å². The van der Waals surface area contributed by atoms with Gasteiger partial charge in [0.1, 0.15) is 5.82 Å². The van der Waals surface area contributed by atoms with Gasteiger partial charge in [-0.1, -0.05) is 0 Å². The third-order valence-electron chi connectivity index (χ3n) is 4.24. The van der Waals surface area contributed by atoms with Gasteiger partial charge in [-0.25, -0.2) is 0 Å². The van der Waals surface area contributed by atoms with E-state index in [0.29, 0.717) is 19.0 Å². The van der Waals surface area contributed by atoms with Gasteiger partial charge in [-0.15, -0.1) is 0 Å². The maximum absolute atomic E-state index is 12.1. The molecule has 2 aliphatic heterocycles. The zero-order chi connectivity index (χ0) is 15.5. The van der Waals surface area contributed by atoms with E-state index in [-0.39, 0.29) is 11.6 Å². The molecule has 0 saturated carbocycles. The Hall–Kier alpha value is -1.34. The van der Waals surface area contributed by atoms with Crippen molar-refractivity contribution in [2.45, 2.75) is 19.4 Å². The molecule has 1 unspecified atom stereocenters.